The second-order valence-corrected chi connectivity index (χ2v) is 21.1. The van der Waals surface area contributed by atoms with E-state index in [1.807, 2.05) is 0 Å². The first-order valence-corrected chi connectivity index (χ1v) is 26.3. The molecule has 476 valence electrons. The monoisotopic (exact) mass is 1200 g/mol. The summed E-state index contributed by atoms with van der Waals surface area (Å²) in [6, 6.07) is -3.64. The van der Waals surface area contributed by atoms with Gasteiger partial charge >= 0.3 is 0 Å². The number of amides is 2. The Balaban J connectivity index is 1.21. The highest BCUT2D eigenvalue weighted by atomic mass is 16.8. The summed E-state index contributed by atoms with van der Waals surface area (Å²) in [5.41, 5.74) is 0. The van der Waals surface area contributed by atoms with E-state index in [0.29, 0.717) is 0 Å². The molecule has 36 heteroatoms. The molecule has 0 aromatic rings. The molecule has 36 nitrogen and oxygen atoms in total. The average Bonchev–Trinajstić information content (AvgIpc) is 2.90. The van der Waals surface area contributed by atoms with Gasteiger partial charge in [-0.25, -0.2) is 0 Å². The Morgan fingerprint density at radius 2 is 0.720 bits per heavy atom. The third-order valence-electron chi connectivity index (χ3n) is 15.2. The normalized spacial score (nSPS) is 51.3. The van der Waals surface area contributed by atoms with E-state index < -0.39 is 260 Å². The first kappa shape index (κ1) is 67.2. The fraction of sp³-hybridized carbons (Fsp3) is 0.957. The Bertz CT molecular complexity index is 2030. The molecule has 82 heavy (non-hydrogen) atoms. The predicted molar refractivity (Wildman–Crippen MR) is 252 cm³/mol. The molecule has 0 aromatic heterocycles. The molecular formula is C46H78N2O34. The van der Waals surface area contributed by atoms with Gasteiger partial charge in [0, 0.05) is 13.8 Å². The number of aliphatic hydroxyl groups excluding tert-OH is 19. The van der Waals surface area contributed by atoms with Crippen LogP contribution in [0.4, 0.5) is 0 Å². The Hall–Kier alpha value is -2.34. The van der Waals surface area contributed by atoms with Crippen molar-refractivity contribution in [3.63, 3.8) is 0 Å². The lowest BCUT2D eigenvalue weighted by molar-refractivity contribution is -0.388. The minimum atomic E-state index is -2.29. The van der Waals surface area contributed by atoms with Gasteiger partial charge in [-0.2, -0.15) is 0 Å². The van der Waals surface area contributed by atoms with E-state index in [9.17, 15) is 107 Å². The summed E-state index contributed by atoms with van der Waals surface area (Å²) in [5, 5.41) is 210. The summed E-state index contributed by atoms with van der Waals surface area (Å²) in [6.45, 7) is -0.0441. The standard InChI is InChI=1S/C46H78N2O34/c1-10-21(54)27(60)31(64)42(72-10)71-9-18-37(38(20(40(69)74-18)48-13(4)53)81-44-33(66)28(61)22(55)11(2)73-44)80-41-19(47-12(3)52)26(59)36(16(7-51)77-41)79-46-35(68)39(82-45-34(67)30(63)24(57)15(6-50)76-45)25(58)17(78-46)8-70-43-32(65)29(62)23(56)14(5-49)75-43/h10-11,14-46,49-51,54-69H,5-9H2,1-4H3,(H,47,52)(H,48,53)/t10-,11-,14+,15+,16+,17+,18+,19+,20+,21+,22+,23+,24+,25+,26+,27+,28+,29-,30-,31-,32-,33-,34-,35-,36+,37+,38+,39-,40+,41-,42+,43-,44-,45+,46-/m0/s1. The van der Waals surface area contributed by atoms with Gasteiger partial charge in [0.05, 0.1) is 45.2 Å². The highest BCUT2D eigenvalue weighted by Crippen LogP contribution is 2.37. The Morgan fingerprint density at radius 3 is 1.24 bits per heavy atom. The summed E-state index contributed by atoms with van der Waals surface area (Å²) in [6.07, 6.45) is -62.0. The predicted octanol–water partition coefficient (Wildman–Crippen LogP) is -13.9. The van der Waals surface area contributed by atoms with E-state index in [1.54, 1.807) is 0 Å². The van der Waals surface area contributed by atoms with Gasteiger partial charge in [0.15, 0.2) is 44.0 Å². The van der Waals surface area contributed by atoms with Crippen LogP contribution in [0.3, 0.4) is 0 Å². The maximum atomic E-state index is 13.0. The van der Waals surface area contributed by atoms with E-state index in [0.717, 1.165) is 13.8 Å². The zero-order chi connectivity index (χ0) is 60.5. The SMILES string of the molecule is CC(=O)N[C@@H]1[C@@H](O[C@@H]2O[C@@H](C)[C@@H](O)[C@@H](O)[C@@H]2O)[C@H](O[C@@H]2O[C@H](CO)[C@@H](O[C@@H]3O[C@H](CO[C@H]4O[C@H](CO)[C@@H](O)[C@H](O)[C@@H]4O)[C@@H](O)[C@H](O[C@H]4O[C@H](CO)[C@@H](O)[C@H](O)[C@@H]4O)[C@@H]3O)[C@H](O)[C@H]2NC(C)=O)[C@@H](CO[C@@H]2O[C@@H](C)[C@@H](O)[C@@H](O)[C@@H]2O)O[C@H]1O. The lowest BCUT2D eigenvalue weighted by Gasteiger charge is -2.51. The van der Waals surface area contributed by atoms with Gasteiger partial charge in [0.1, 0.15) is 159 Å². The quantitative estimate of drug-likeness (QED) is 0.0571. The van der Waals surface area contributed by atoms with Gasteiger partial charge in [0.25, 0.3) is 0 Å². The number of rotatable bonds is 19. The van der Waals surface area contributed by atoms with Crippen LogP contribution >= 0.6 is 0 Å². The number of aliphatic hydroxyl groups is 19. The molecule has 7 aliphatic heterocycles. The van der Waals surface area contributed by atoms with Gasteiger partial charge in [-0.15, -0.1) is 0 Å². The van der Waals surface area contributed by atoms with E-state index >= 15 is 0 Å². The van der Waals surface area contributed by atoms with Crippen molar-refractivity contribution < 1.29 is 168 Å². The minimum Gasteiger partial charge on any atom is -0.394 e. The van der Waals surface area contributed by atoms with E-state index in [4.69, 9.17) is 61.6 Å². The molecule has 7 rings (SSSR count). The van der Waals surface area contributed by atoms with Crippen molar-refractivity contribution in [3.8, 4) is 0 Å². The molecule has 0 bridgehead atoms. The summed E-state index contributed by atoms with van der Waals surface area (Å²) < 4.78 is 75.9. The zero-order valence-corrected chi connectivity index (χ0v) is 44.4. The van der Waals surface area contributed by atoms with Crippen LogP contribution in [-0.2, 0) is 71.2 Å². The maximum Gasteiger partial charge on any atom is 0.217 e. The Kier molecular flexibility index (Phi) is 23.5. The molecule has 7 aliphatic rings. The molecule has 0 aromatic carbocycles. The summed E-state index contributed by atoms with van der Waals surface area (Å²) in [5.74, 6) is -1.73. The van der Waals surface area contributed by atoms with E-state index in [-0.39, 0.29) is 0 Å². The van der Waals surface area contributed by atoms with Crippen molar-refractivity contribution in [2.75, 3.05) is 33.0 Å². The van der Waals surface area contributed by atoms with Crippen LogP contribution in [0.1, 0.15) is 27.7 Å². The molecule has 0 unspecified atom stereocenters. The van der Waals surface area contributed by atoms with Crippen molar-refractivity contribution in [1.29, 1.82) is 0 Å². The lowest BCUT2D eigenvalue weighted by atomic mass is 9.93. The average molecular weight is 1200 g/mol. The molecular weight excluding hydrogens is 1120 g/mol. The molecule has 0 saturated carbocycles. The van der Waals surface area contributed by atoms with Crippen LogP contribution in [0.5, 0.6) is 0 Å². The number of hydrogen-bond acceptors (Lipinski definition) is 34. The largest absolute Gasteiger partial charge is 0.394 e. The minimum absolute atomic E-state index is 0.826. The number of carbonyl (C=O) groups excluding carboxylic acids is 2. The van der Waals surface area contributed by atoms with Gasteiger partial charge in [-0.3, -0.25) is 9.59 Å². The zero-order valence-electron chi connectivity index (χ0n) is 44.4. The first-order valence-electron chi connectivity index (χ1n) is 26.3. The highest BCUT2D eigenvalue weighted by Gasteiger charge is 2.58. The lowest BCUT2D eigenvalue weighted by Crippen LogP contribution is -2.71. The van der Waals surface area contributed by atoms with Crippen molar-refractivity contribution in [2.24, 2.45) is 0 Å². The summed E-state index contributed by atoms with van der Waals surface area (Å²) >= 11 is 0. The van der Waals surface area contributed by atoms with Crippen LogP contribution in [0, 0.1) is 0 Å². The maximum absolute atomic E-state index is 13.0. The van der Waals surface area contributed by atoms with Crippen LogP contribution in [0.2, 0.25) is 0 Å². The van der Waals surface area contributed by atoms with Crippen molar-refractivity contribution in [3.05, 3.63) is 0 Å². The van der Waals surface area contributed by atoms with Crippen LogP contribution in [-0.4, -0.2) is 357 Å². The fourth-order valence-electron chi connectivity index (χ4n) is 10.5. The molecule has 21 N–H and O–H groups in total. The molecule has 2 amide bonds. The number of hydrogen-bond donors (Lipinski definition) is 21. The third kappa shape index (κ3) is 14.5. The van der Waals surface area contributed by atoms with E-state index in [1.165, 1.54) is 13.8 Å². The highest BCUT2D eigenvalue weighted by molar-refractivity contribution is 5.73. The van der Waals surface area contributed by atoms with Crippen molar-refractivity contribution in [2.45, 2.75) is 243 Å². The van der Waals surface area contributed by atoms with Gasteiger partial charge in [-0.1, -0.05) is 0 Å². The first-order chi connectivity index (χ1) is 38.6. The number of carbonyl (C=O) groups is 2. The molecule has 7 heterocycles. The van der Waals surface area contributed by atoms with Gasteiger partial charge in [-0.05, 0) is 13.8 Å². The topological polar surface area (TPSA) is 563 Å². The smallest absolute Gasteiger partial charge is 0.217 e. The molecule has 35 atom stereocenters. The van der Waals surface area contributed by atoms with Crippen LogP contribution in [0.15, 0.2) is 0 Å². The molecule has 7 saturated heterocycles. The molecule has 0 aliphatic carbocycles. The third-order valence-corrected chi connectivity index (χ3v) is 15.2. The molecule has 0 spiro atoms. The molecule has 0 radical (unpaired) electrons. The van der Waals surface area contributed by atoms with Gasteiger partial charge < -0.3 is 169 Å². The Morgan fingerprint density at radius 1 is 0.341 bits per heavy atom. The number of ether oxygens (including phenoxy) is 13. The van der Waals surface area contributed by atoms with Gasteiger partial charge in [0.2, 0.25) is 11.8 Å². The fourth-order valence-corrected chi connectivity index (χ4v) is 10.5. The van der Waals surface area contributed by atoms with Crippen LogP contribution < -0.4 is 10.6 Å². The summed E-state index contributed by atoms with van der Waals surface area (Å²) in [7, 11) is 0. The van der Waals surface area contributed by atoms with Crippen molar-refractivity contribution in [1.82, 2.24) is 10.6 Å². The molecule has 7 fully saturated rings. The second-order valence-electron chi connectivity index (χ2n) is 21.1. The van der Waals surface area contributed by atoms with Crippen molar-refractivity contribution >= 4 is 11.8 Å². The summed E-state index contributed by atoms with van der Waals surface area (Å²) in [4.78, 5) is 25.7. The van der Waals surface area contributed by atoms with Crippen LogP contribution in [0.25, 0.3) is 0 Å². The number of nitrogens with one attached hydrogen (secondary N) is 2. The Labute approximate surface area is 465 Å². The second kappa shape index (κ2) is 28.7. The van der Waals surface area contributed by atoms with E-state index in [2.05, 4.69) is 10.6 Å².